The molecule has 0 saturated heterocycles. The highest BCUT2D eigenvalue weighted by Crippen LogP contribution is 2.42. The number of halogens is 2. The second-order valence-electron chi connectivity index (χ2n) is 11.2. The topological polar surface area (TPSA) is 0 Å². The third-order valence-corrected chi connectivity index (χ3v) is 8.76. The highest BCUT2D eigenvalue weighted by atomic mass is 19.2. The van der Waals surface area contributed by atoms with Crippen molar-refractivity contribution in [2.24, 2.45) is 23.7 Å². The van der Waals surface area contributed by atoms with E-state index in [0.717, 1.165) is 47.5 Å². The lowest BCUT2D eigenvalue weighted by Gasteiger charge is -2.37. The molecule has 2 aromatic rings. The van der Waals surface area contributed by atoms with Crippen molar-refractivity contribution in [2.75, 3.05) is 0 Å². The highest BCUT2D eigenvalue weighted by molar-refractivity contribution is 5.84. The van der Waals surface area contributed by atoms with Crippen molar-refractivity contribution in [1.29, 1.82) is 0 Å². The fourth-order valence-corrected chi connectivity index (χ4v) is 6.62. The number of fused-ring (bicyclic) bond motifs is 1. The van der Waals surface area contributed by atoms with Crippen molar-refractivity contribution in [3.05, 3.63) is 59.2 Å². The number of allylic oxidation sites excluding steroid dienone is 2. The van der Waals surface area contributed by atoms with Gasteiger partial charge in [-0.3, -0.25) is 0 Å². The Hall–Kier alpha value is -1.70. The Bertz CT molecular complexity index is 943. The maximum atomic E-state index is 14.7. The van der Waals surface area contributed by atoms with Crippen LogP contribution in [0.5, 0.6) is 0 Å². The number of hydrogen-bond acceptors (Lipinski definition) is 0. The summed E-state index contributed by atoms with van der Waals surface area (Å²) in [5, 5.41) is 1.26. The van der Waals surface area contributed by atoms with Crippen molar-refractivity contribution < 1.29 is 8.78 Å². The van der Waals surface area contributed by atoms with E-state index in [4.69, 9.17) is 0 Å². The summed E-state index contributed by atoms with van der Waals surface area (Å²) < 4.78 is 29.1. The van der Waals surface area contributed by atoms with E-state index in [1.807, 2.05) is 25.1 Å². The van der Waals surface area contributed by atoms with E-state index in [1.165, 1.54) is 70.6 Å². The van der Waals surface area contributed by atoms with Crippen LogP contribution in [0.1, 0.15) is 102 Å². The number of hydrogen-bond donors (Lipinski definition) is 0. The van der Waals surface area contributed by atoms with Crippen molar-refractivity contribution in [1.82, 2.24) is 0 Å². The lowest BCUT2D eigenvalue weighted by molar-refractivity contribution is 0.152. The summed E-state index contributed by atoms with van der Waals surface area (Å²) in [6, 6.07) is 7.82. The molecular formula is C32H44F2. The van der Waals surface area contributed by atoms with Crippen molar-refractivity contribution in [3.8, 4) is 0 Å². The van der Waals surface area contributed by atoms with Gasteiger partial charge in [0.25, 0.3) is 0 Å². The Kier molecular flexibility index (Phi) is 9.20. The van der Waals surface area contributed by atoms with Crippen LogP contribution in [-0.4, -0.2) is 0 Å². The zero-order chi connectivity index (χ0) is 23.9. The lowest BCUT2D eigenvalue weighted by Crippen LogP contribution is -2.25. The minimum absolute atomic E-state index is 0.443. The first-order chi connectivity index (χ1) is 16.6. The standard InChI is InChI=1S/C32H44F2/c1-3-5-6-8-23-11-16-26(17-12-23)27-18-13-24(14-19-27)9-10-25-15-20-28-22-29(7-4-2)31(33)32(34)30(28)21-25/h6,8,15,20-24,26-27H,3-5,7,9-14,16-19H2,1-2H3/b8-6+. The van der Waals surface area contributed by atoms with Crippen molar-refractivity contribution in [3.63, 3.8) is 0 Å². The normalized spacial score (nSPS) is 25.9. The molecule has 2 aliphatic rings. The largest absolute Gasteiger partial charge is 0.203 e. The van der Waals surface area contributed by atoms with Gasteiger partial charge in [-0.25, -0.2) is 8.78 Å². The predicted octanol–water partition coefficient (Wildman–Crippen LogP) is 9.97. The van der Waals surface area contributed by atoms with Gasteiger partial charge < -0.3 is 0 Å². The maximum Gasteiger partial charge on any atom is 0.166 e. The molecule has 0 radical (unpaired) electrons. The summed E-state index contributed by atoms with van der Waals surface area (Å²) in [7, 11) is 0. The fourth-order valence-electron chi connectivity index (χ4n) is 6.62. The lowest BCUT2D eigenvalue weighted by atomic mass is 9.68. The number of rotatable bonds is 9. The first-order valence-corrected chi connectivity index (χ1v) is 14.1. The summed E-state index contributed by atoms with van der Waals surface area (Å²) in [5.41, 5.74) is 1.64. The average Bonchev–Trinajstić information content (AvgIpc) is 2.87. The van der Waals surface area contributed by atoms with E-state index in [0.29, 0.717) is 17.4 Å². The molecule has 2 aliphatic carbocycles. The van der Waals surface area contributed by atoms with E-state index < -0.39 is 11.6 Å². The van der Waals surface area contributed by atoms with Crippen molar-refractivity contribution in [2.45, 2.75) is 104 Å². The molecule has 0 heterocycles. The molecule has 0 aromatic heterocycles. The monoisotopic (exact) mass is 466 g/mol. The molecule has 0 aliphatic heterocycles. The molecule has 34 heavy (non-hydrogen) atoms. The Balaban J connectivity index is 1.25. The van der Waals surface area contributed by atoms with Gasteiger partial charge in [-0.1, -0.05) is 63.8 Å². The summed E-state index contributed by atoms with van der Waals surface area (Å²) in [4.78, 5) is 0. The zero-order valence-electron chi connectivity index (χ0n) is 21.4. The van der Waals surface area contributed by atoms with Crippen LogP contribution in [0.25, 0.3) is 10.8 Å². The smallest absolute Gasteiger partial charge is 0.166 e. The quantitative estimate of drug-likeness (QED) is 0.322. The summed E-state index contributed by atoms with van der Waals surface area (Å²) >= 11 is 0. The maximum absolute atomic E-state index is 14.7. The molecule has 186 valence electrons. The second kappa shape index (κ2) is 12.3. The highest BCUT2D eigenvalue weighted by Gasteiger charge is 2.30. The molecule has 2 heteroatoms. The van der Waals surface area contributed by atoms with Crippen LogP contribution < -0.4 is 0 Å². The van der Waals surface area contributed by atoms with E-state index in [2.05, 4.69) is 25.1 Å². The Labute approximate surface area is 206 Å². The molecule has 2 aromatic carbocycles. The van der Waals surface area contributed by atoms with Crippen LogP contribution >= 0.6 is 0 Å². The minimum atomic E-state index is -0.668. The van der Waals surface area contributed by atoms with E-state index in [-0.39, 0.29) is 0 Å². The first kappa shape index (κ1) is 25.4. The first-order valence-electron chi connectivity index (χ1n) is 14.1. The van der Waals surface area contributed by atoms with E-state index >= 15 is 0 Å². The molecule has 0 bridgehead atoms. The Morgan fingerprint density at radius 3 is 2.18 bits per heavy atom. The number of unbranched alkanes of at least 4 members (excludes halogenated alkanes) is 1. The predicted molar refractivity (Wildman–Crippen MR) is 141 cm³/mol. The molecule has 0 unspecified atom stereocenters. The van der Waals surface area contributed by atoms with Gasteiger partial charge in [0.2, 0.25) is 0 Å². The summed E-state index contributed by atoms with van der Waals surface area (Å²) in [6.45, 7) is 4.25. The molecule has 0 nitrogen and oxygen atoms in total. The van der Waals surface area contributed by atoms with Gasteiger partial charge in [0, 0.05) is 5.39 Å². The summed E-state index contributed by atoms with van der Waals surface area (Å²) in [5.74, 6) is 2.18. The van der Waals surface area contributed by atoms with Gasteiger partial charge in [0.05, 0.1) is 0 Å². The molecule has 0 amide bonds. The molecule has 0 atom stereocenters. The Morgan fingerprint density at radius 2 is 1.50 bits per heavy atom. The van der Waals surface area contributed by atoms with Gasteiger partial charge >= 0.3 is 0 Å². The van der Waals surface area contributed by atoms with Gasteiger partial charge in [-0.05, 0) is 117 Å². The molecule has 2 saturated carbocycles. The van der Waals surface area contributed by atoms with E-state index in [9.17, 15) is 8.78 Å². The molecule has 0 N–H and O–H groups in total. The molecule has 2 fully saturated rings. The van der Waals surface area contributed by atoms with Crippen molar-refractivity contribution >= 4 is 10.8 Å². The van der Waals surface area contributed by atoms with Gasteiger partial charge in [0.1, 0.15) is 0 Å². The van der Waals surface area contributed by atoms with Gasteiger partial charge in [-0.15, -0.1) is 0 Å². The zero-order valence-corrected chi connectivity index (χ0v) is 21.4. The van der Waals surface area contributed by atoms with Crippen LogP contribution in [0.3, 0.4) is 0 Å². The molecule has 4 rings (SSSR count). The molecular weight excluding hydrogens is 422 g/mol. The van der Waals surface area contributed by atoms with Crippen LogP contribution in [0.4, 0.5) is 8.78 Å². The fraction of sp³-hybridized carbons (Fsp3) is 0.625. The third-order valence-electron chi connectivity index (χ3n) is 8.76. The van der Waals surface area contributed by atoms with Gasteiger partial charge in [0.15, 0.2) is 11.6 Å². The van der Waals surface area contributed by atoms with Crippen LogP contribution in [0.15, 0.2) is 36.4 Å². The molecule has 0 spiro atoms. The van der Waals surface area contributed by atoms with Gasteiger partial charge in [-0.2, -0.15) is 0 Å². The Morgan fingerprint density at radius 1 is 0.794 bits per heavy atom. The number of aryl methyl sites for hydroxylation is 2. The SMILES string of the molecule is CCC/C=C/C1CCC(C2CCC(CCc3ccc4cc(CCC)c(F)c(F)c4c3)CC2)CC1. The third kappa shape index (κ3) is 6.29. The average molecular weight is 467 g/mol. The number of benzene rings is 2. The van der Waals surface area contributed by atoms with Crippen LogP contribution in [0, 0.1) is 35.3 Å². The van der Waals surface area contributed by atoms with E-state index in [1.54, 1.807) is 0 Å². The minimum Gasteiger partial charge on any atom is -0.203 e. The van der Waals surface area contributed by atoms with Crippen LogP contribution in [0.2, 0.25) is 0 Å². The second-order valence-corrected chi connectivity index (χ2v) is 11.2. The summed E-state index contributed by atoms with van der Waals surface area (Å²) in [6.07, 6.45) is 22.0. The van der Waals surface area contributed by atoms with Crippen LogP contribution in [-0.2, 0) is 12.8 Å².